The molecular weight excluding hydrogens is 342 g/mol. The van der Waals surface area contributed by atoms with Gasteiger partial charge in [-0.2, -0.15) is 0 Å². The molecule has 2 rings (SSSR count). The fourth-order valence-electron chi connectivity index (χ4n) is 2.29. The van der Waals surface area contributed by atoms with Gasteiger partial charge >= 0.3 is 0 Å². The molecule has 0 fully saturated rings. The Balaban J connectivity index is 1.84. The summed E-state index contributed by atoms with van der Waals surface area (Å²) < 4.78 is 5.29. The number of hydrogen-bond donors (Lipinski definition) is 2. The summed E-state index contributed by atoms with van der Waals surface area (Å²) in [7, 11) is 3.37. The van der Waals surface area contributed by atoms with Gasteiger partial charge in [-0.25, -0.2) is 0 Å². The van der Waals surface area contributed by atoms with Crippen molar-refractivity contribution in [2.75, 3.05) is 20.7 Å². The van der Waals surface area contributed by atoms with Crippen LogP contribution in [0.2, 0.25) is 5.02 Å². The lowest BCUT2D eigenvalue weighted by Gasteiger charge is -2.18. The number of carbonyl (C=O) groups excluding carboxylic acids is 2. The number of nitrogens with zero attached hydrogens (tertiary/aromatic N) is 1. The molecule has 0 atom stereocenters. The van der Waals surface area contributed by atoms with Crippen molar-refractivity contribution >= 4 is 23.4 Å². The number of hydrazine groups is 1. The van der Waals surface area contributed by atoms with Gasteiger partial charge in [0.25, 0.3) is 11.8 Å². The van der Waals surface area contributed by atoms with Gasteiger partial charge in [-0.05, 0) is 37.4 Å². The first-order valence-electron chi connectivity index (χ1n) is 7.65. The van der Waals surface area contributed by atoms with Crippen molar-refractivity contribution in [1.82, 2.24) is 15.8 Å². The molecule has 0 radical (unpaired) electrons. The largest absolute Gasteiger partial charge is 0.496 e. The van der Waals surface area contributed by atoms with Gasteiger partial charge in [0, 0.05) is 22.7 Å². The van der Waals surface area contributed by atoms with E-state index in [9.17, 15) is 9.59 Å². The molecule has 0 aliphatic heterocycles. The predicted molar refractivity (Wildman–Crippen MR) is 96.4 cm³/mol. The van der Waals surface area contributed by atoms with Gasteiger partial charge in [0.15, 0.2) is 0 Å². The summed E-state index contributed by atoms with van der Waals surface area (Å²) in [5.41, 5.74) is 6.13. The molecular formula is C18H20ClN3O3. The van der Waals surface area contributed by atoms with Crippen molar-refractivity contribution < 1.29 is 14.3 Å². The van der Waals surface area contributed by atoms with Crippen molar-refractivity contribution in [1.29, 1.82) is 0 Å². The van der Waals surface area contributed by atoms with Gasteiger partial charge in [0.1, 0.15) is 5.75 Å². The van der Waals surface area contributed by atoms with E-state index in [0.29, 0.717) is 22.9 Å². The van der Waals surface area contributed by atoms with Gasteiger partial charge in [0.05, 0.1) is 13.7 Å². The summed E-state index contributed by atoms with van der Waals surface area (Å²) in [5, 5.41) is 0.601. The van der Waals surface area contributed by atoms with Crippen LogP contribution in [0.4, 0.5) is 0 Å². The number of methoxy groups -OCH3 is 1. The highest BCUT2D eigenvalue weighted by Crippen LogP contribution is 2.23. The number of ether oxygens (including phenoxy) is 1. The molecule has 0 saturated carbocycles. The zero-order chi connectivity index (χ0) is 18.2. The first-order chi connectivity index (χ1) is 12.0. The Bertz CT molecular complexity index is 738. The fourth-order valence-corrected chi connectivity index (χ4v) is 2.48. The molecule has 6 nitrogen and oxygen atoms in total. The molecule has 0 aliphatic rings. The molecule has 2 aromatic rings. The number of hydrogen-bond acceptors (Lipinski definition) is 4. The van der Waals surface area contributed by atoms with E-state index in [1.807, 2.05) is 6.07 Å². The SMILES string of the molecule is COc1ccc(Cl)cc1CN(C)CC(=O)NNC(=O)c1ccccc1. The molecule has 7 heteroatoms. The zero-order valence-corrected chi connectivity index (χ0v) is 14.8. The standard InChI is InChI=1S/C18H20ClN3O3/c1-22(11-14-10-15(19)8-9-16(14)25-2)12-17(23)20-21-18(24)13-6-4-3-5-7-13/h3-10H,11-12H2,1-2H3,(H,20,23)(H,21,24). The number of rotatable bonds is 6. The number of likely N-dealkylation sites (N-methyl/N-ethyl adjacent to an activating group) is 1. The lowest BCUT2D eigenvalue weighted by molar-refractivity contribution is -0.122. The van der Waals surface area contributed by atoms with Crippen molar-refractivity contribution in [2.24, 2.45) is 0 Å². The van der Waals surface area contributed by atoms with E-state index < -0.39 is 0 Å². The van der Waals surface area contributed by atoms with Crippen LogP contribution in [0.25, 0.3) is 0 Å². The van der Waals surface area contributed by atoms with Crippen LogP contribution >= 0.6 is 11.6 Å². The third-order valence-corrected chi connectivity index (χ3v) is 3.68. The second-order valence-corrected chi connectivity index (χ2v) is 5.93. The molecule has 0 aromatic heterocycles. The number of amides is 2. The van der Waals surface area contributed by atoms with Crippen molar-refractivity contribution in [2.45, 2.75) is 6.54 Å². The van der Waals surface area contributed by atoms with E-state index in [-0.39, 0.29) is 18.4 Å². The predicted octanol–water partition coefficient (Wildman–Crippen LogP) is 2.24. The molecule has 2 N–H and O–H groups in total. The third kappa shape index (κ3) is 5.77. The van der Waals surface area contributed by atoms with Crippen molar-refractivity contribution in [3.05, 3.63) is 64.7 Å². The highest BCUT2D eigenvalue weighted by atomic mass is 35.5. The summed E-state index contributed by atoms with van der Waals surface area (Å²) in [6.45, 7) is 0.578. The lowest BCUT2D eigenvalue weighted by atomic mass is 10.2. The maximum atomic E-state index is 12.0. The van der Waals surface area contributed by atoms with Crippen LogP contribution in [-0.2, 0) is 11.3 Å². The van der Waals surface area contributed by atoms with Crippen molar-refractivity contribution in [3.63, 3.8) is 0 Å². The number of nitrogens with one attached hydrogen (secondary N) is 2. The van der Waals surface area contributed by atoms with Crippen LogP contribution in [0.5, 0.6) is 5.75 Å². The zero-order valence-electron chi connectivity index (χ0n) is 14.1. The lowest BCUT2D eigenvalue weighted by Crippen LogP contribution is -2.45. The maximum Gasteiger partial charge on any atom is 0.269 e. The van der Waals surface area contributed by atoms with Crippen LogP contribution in [0.1, 0.15) is 15.9 Å². The monoisotopic (exact) mass is 361 g/mol. The van der Waals surface area contributed by atoms with Crippen LogP contribution in [0.3, 0.4) is 0 Å². The first kappa shape index (κ1) is 18.8. The normalized spacial score (nSPS) is 10.4. The van der Waals surface area contributed by atoms with Crippen LogP contribution in [0.15, 0.2) is 48.5 Å². The van der Waals surface area contributed by atoms with Crippen LogP contribution in [-0.4, -0.2) is 37.4 Å². The van der Waals surface area contributed by atoms with Crippen molar-refractivity contribution in [3.8, 4) is 5.75 Å². The molecule has 0 heterocycles. The summed E-state index contributed by atoms with van der Waals surface area (Å²) in [5.74, 6) is 0.00919. The molecule has 0 unspecified atom stereocenters. The fraction of sp³-hybridized carbons (Fsp3) is 0.222. The highest BCUT2D eigenvalue weighted by Gasteiger charge is 2.12. The van der Waals surface area contributed by atoms with Gasteiger partial charge in [-0.1, -0.05) is 29.8 Å². The van der Waals surface area contributed by atoms with Gasteiger partial charge in [-0.15, -0.1) is 0 Å². The molecule has 2 amide bonds. The topological polar surface area (TPSA) is 70.7 Å². The molecule has 25 heavy (non-hydrogen) atoms. The third-order valence-electron chi connectivity index (χ3n) is 3.45. The smallest absolute Gasteiger partial charge is 0.269 e. The van der Waals surface area contributed by atoms with E-state index in [2.05, 4.69) is 10.9 Å². The van der Waals surface area contributed by atoms with E-state index in [4.69, 9.17) is 16.3 Å². The van der Waals surface area contributed by atoms with Crippen LogP contribution in [0, 0.1) is 0 Å². The summed E-state index contributed by atoms with van der Waals surface area (Å²) in [6.07, 6.45) is 0. The van der Waals surface area contributed by atoms with Gasteiger partial charge in [-0.3, -0.25) is 25.3 Å². The minimum atomic E-state index is -0.367. The van der Waals surface area contributed by atoms with Crippen LogP contribution < -0.4 is 15.6 Å². The van der Waals surface area contributed by atoms with Gasteiger partial charge < -0.3 is 4.74 Å². The average Bonchev–Trinajstić information content (AvgIpc) is 2.60. The molecule has 2 aromatic carbocycles. The Labute approximate surface area is 151 Å². The Kier molecular flexibility index (Phi) is 6.80. The Morgan fingerprint density at radius 2 is 1.84 bits per heavy atom. The highest BCUT2D eigenvalue weighted by molar-refractivity contribution is 6.30. The number of carbonyl (C=O) groups is 2. The number of benzene rings is 2. The first-order valence-corrected chi connectivity index (χ1v) is 8.02. The molecule has 0 spiro atoms. The summed E-state index contributed by atoms with van der Waals surface area (Å²) in [6, 6.07) is 14.0. The Hall–Kier alpha value is -2.57. The number of halogens is 1. The minimum absolute atomic E-state index is 0.102. The minimum Gasteiger partial charge on any atom is -0.496 e. The molecule has 0 bridgehead atoms. The molecule has 132 valence electrons. The Morgan fingerprint density at radius 1 is 1.12 bits per heavy atom. The second-order valence-electron chi connectivity index (χ2n) is 5.50. The van der Waals surface area contributed by atoms with E-state index in [1.165, 1.54) is 0 Å². The maximum absolute atomic E-state index is 12.0. The summed E-state index contributed by atoms with van der Waals surface area (Å²) >= 11 is 6.00. The van der Waals surface area contributed by atoms with Gasteiger partial charge in [0.2, 0.25) is 0 Å². The quantitative estimate of drug-likeness (QED) is 0.774. The molecule has 0 saturated heterocycles. The second kappa shape index (κ2) is 9.05. The summed E-state index contributed by atoms with van der Waals surface area (Å²) in [4.78, 5) is 25.6. The molecule has 0 aliphatic carbocycles. The van der Waals surface area contributed by atoms with E-state index in [1.54, 1.807) is 61.5 Å². The Morgan fingerprint density at radius 3 is 2.52 bits per heavy atom. The van der Waals surface area contributed by atoms with E-state index in [0.717, 1.165) is 5.56 Å². The average molecular weight is 362 g/mol. The van der Waals surface area contributed by atoms with E-state index >= 15 is 0 Å².